The zero-order chi connectivity index (χ0) is 21.0. The molecule has 1 amide bonds. The molecule has 0 saturated heterocycles. The van der Waals surface area contributed by atoms with Gasteiger partial charge >= 0.3 is 12.1 Å². The van der Waals surface area contributed by atoms with E-state index in [1.165, 1.54) is 7.11 Å². The first-order valence-electron chi connectivity index (χ1n) is 10.1. The largest absolute Gasteiger partial charge is 0.467 e. The number of hydrogen-bond donors (Lipinski definition) is 1. The van der Waals surface area contributed by atoms with Gasteiger partial charge < -0.3 is 14.8 Å². The SMILES string of the molecule is [2H]C([2H])C(C)CC(NC(=O)OCC1c2ccccc2-c2ccccc21)C(=O)OC. The summed E-state index contributed by atoms with van der Waals surface area (Å²) in [6.45, 7) is 0.717. The second-order valence-corrected chi connectivity index (χ2v) is 6.76. The van der Waals surface area contributed by atoms with Crippen LogP contribution in [-0.2, 0) is 14.3 Å². The van der Waals surface area contributed by atoms with Crippen LogP contribution in [0.1, 0.15) is 40.0 Å². The highest BCUT2D eigenvalue weighted by Crippen LogP contribution is 2.44. The molecule has 0 fully saturated rings. The first-order chi connectivity index (χ1) is 13.9. The van der Waals surface area contributed by atoms with Crippen LogP contribution >= 0.6 is 0 Å². The number of benzene rings is 2. The van der Waals surface area contributed by atoms with Crippen molar-refractivity contribution in [2.75, 3.05) is 13.7 Å². The Morgan fingerprint density at radius 2 is 1.70 bits per heavy atom. The number of ether oxygens (including phenoxy) is 2. The summed E-state index contributed by atoms with van der Waals surface area (Å²) >= 11 is 0. The maximum Gasteiger partial charge on any atom is 0.407 e. The number of amides is 1. The molecule has 5 heteroatoms. The lowest BCUT2D eigenvalue weighted by molar-refractivity contribution is -0.143. The Kier molecular flexibility index (Phi) is 5.00. The molecule has 1 N–H and O–H groups in total. The number of alkyl carbamates (subject to hydrolysis) is 1. The van der Waals surface area contributed by atoms with Gasteiger partial charge in [0.05, 0.1) is 7.11 Å². The fraction of sp³-hybridized carbons (Fsp3) is 0.364. The fourth-order valence-corrected chi connectivity index (χ4v) is 3.51. The van der Waals surface area contributed by atoms with E-state index in [1.807, 2.05) is 36.4 Å². The molecule has 0 aliphatic heterocycles. The van der Waals surface area contributed by atoms with Gasteiger partial charge in [-0.05, 0) is 34.6 Å². The minimum absolute atomic E-state index is 0.0745. The van der Waals surface area contributed by atoms with Crippen LogP contribution in [0.2, 0.25) is 0 Å². The molecule has 2 atom stereocenters. The van der Waals surface area contributed by atoms with Gasteiger partial charge in [-0.1, -0.05) is 62.3 Å². The molecule has 1 aliphatic rings. The minimum Gasteiger partial charge on any atom is -0.467 e. The smallest absolute Gasteiger partial charge is 0.407 e. The first-order valence-corrected chi connectivity index (χ1v) is 8.96. The molecule has 142 valence electrons. The topological polar surface area (TPSA) is 64.6 Å². The van der Waals surface area contributed by atoms with Crippen LogP contribution in [-0.4, -0.2) is 31.8 Å². The summed E-state index contributed by atoms with van der Waals surface area (Å²) in [5, 5.41) is 2.52. The van der Waals surface area contributed by atoms with Crippen LogP contribution in [0.3, 0.4) is 0 Å². The molecule has 0 bridgehead atoms. The van der Waals surface area contributed by atoms with E-state index in [1.54, 1.807) is 6.92 Å². The fourth-order valence-electron chi connectivity index (χ4n) is 3.51. The maximum absolute atomic E-state index is 12.4. The van der Waals surface area contributed by atoms with Gasteiger partial charge in [0.1, 0.15) is 12.6 Å². The van der Waals surface area contributed by atoms with E-state index in [-0.39, 0.29) is 18.9 Å². The zero-order valence-electron chi connectivity index (χ0n) is 17.5. The van der Waals surface area contributed by atoms with Crippen molar-refractivity contribution in [1.29, 1.82) is 0 Å². The van der Waals surface area contributed by atoms with Gasteiger partial charge in [0, 0.05) is 8.66 Å². The standard InChI is InChI=1S/C22H25NO4/c1-14(2)12-20(21(24)26-3)23-22(25)27-13-19-17-10-6-4-8-15(17)16-9-5-7-11-18(16)19/h4-11,14,19-20H,12-13H2,1-3H3,(H,23,25)/i1D2. The molecule has 2 aromatic carbocycles. The Bertz CT molecular complexity index is 841. The van der Waals surface area contributed by atoms with E-state index in [0.717, 1.165) is 22.3 Å². The van der Waals surface area contributed by atoms with E-state index in [0.29, 0.717) is 0 Å². The van der Waals surface area contributed by atoms with Gasteiger partial charge in [0.25, 0.3) is 0 Å². The van der Waals surface area contributed by atoms with E-state index in [4.69, 9.17) is 12.2 Å². The minimum atomic E-state index is -1.11. The normalized spacial score (nSPS) is 15.8. The number of fused-ring (bicyclic) bond motifs is 3. The van der Waals surface area contributed by atoms with Crippen molar-refractivity contribution in [2.24, 2.45) is 5.92 Å². The Morgan fingerprint density at radius 3 is 2.26 bits per heavy atom. The molecule has 0 saturated carbocycles. The van der Waals surface area contributed by atoms with Gasteiger partial charge in [-0.15, -0.1) is 0 Å². The van der Waals surface area contributed by atoms with Crippen LogP contribution in [0.4, 0.5) is 4.79 Å². The van der Waals surface area contributed by atoms with Gasteiger partial charge in [-0.3, -0.25) is 0 Å². The average molecular weight is 369 g/mol. The van der Waals surface area contributed by atoms with Crippen LogP contribution in [0.5, 0.6) is 0 Å². The summed E-state index contributed by atoms with van der Waals surface area (Å²) in [5.41, 5.74) is 4.47. The summed E-state index contributed by atoms with van der Waals surface area (Å²) < 4.78 is 25.1. The van der Waals surface area contributed by atoms with E-state index >= 15 is 0 Å². The van der Waals surface area contributed by atoms with Crippen LogP contribution in [0.15, 0.2) is 48.5 Å². The van der Waals surface area contributed by atoms with Gasteiger partial charge in [0.2, 0.25) is 0 Å². The molecule has 5 nitrogen and oxygen atoms in total. The summed E-state index contributed by atoms with van der Waals surface area (Å²) in [7, 11) is 1.23. The molecule has 2 unspecified atom stereocenters. The third-order valence-electron chi connectivity index (χ3n) is 4.73. The molecular weight excluding hydrogens is 342 g/mol. The van der Waals surface area contributed by atoms with Crippen LogP contribution in [0.25, 0.3) is 11.1 Å². The number of hydrogen-bond acceptors (Lipinski definition) is 4. The third-order valence-corrected chi connectivity index (χ3v) is 4.73. The first kappa shape index (κ1) is 16.4. The monoisotopic (exact) mass is 369 g/mol. The number of nitrogens with one attached hydrogen (secondary N) is 1. The Hall–Kier alpha value is -2.82. The number of carbonyl (C=O) groups is 2. The summed E-state index contributed by atoms with van der Waals surface area (Å²) in [4.78, 5) is 24.3. The van der Waals surface area contributed by atoms with E-state index < -0.39 is 30.9 Å². The lowest BCUT2D eigenvalue weighted by Crippen LogP contribution is -2.42. The molecule has 3 rings (SSSR count). The highest BCUT2D eigenvalue weighted by Gasteiger charge is 2.30. The lowest BCUT2D eigenvalue weighted by atomic mass is 9.98. The van der Waals surface area contributed by atoms with Crippen molar-refractivity contribution >= 4 is 12.1 Å². The Labute approximate surface area is 162 Å². The van der Waals surface area contributed by atoms with E-state index in [9.17, 15) is 9.59 Å². The van der Waals surface area contributed by atoms with Gasteiger partial charge in [-0.2, -0.15) is 0 Å². The summed E-state index contributed by atoms with van der Waals surface area (Å²) in [6, 6.07) is 15.1. The molecule has 0 radical (unpaired) electrons. The maximum atomic E-state index is 12.4. The highest BCUT2D eigenvalue weighted by atomic mass is 16.6. The van der Waals surface area contributed by atoms with Crippen LogP contribution < -0.4 is 5.32 Å². The molecule has 2 aromatic rings. The highest BCUT2D eigenvalue weighted by molar-refractivity contribution is 5.82. The predicted octanol–water partition coefficient (Wildman–Crippen LogP) is 4.11. The number of rotatable bonds is 6. The number of methoxy groups -OCH3 is 1. The van der Waals surface area contributed by atoms with Crippen molar-refractivity contribution in [1.82, 2.24) is 5.32 Å². The Morgan fingerprint density at radius 1 is 1.11 bits per heavy atom. The quantitative estimate of drug-likeness (QED) is 0.778. The van der Waals surface area contributed by atoms with Gasteiger partial charge in [-0.25, -0.2) is 9.59 Å². The molecule has 0 aromatic heterocycles. The molecule has 27 heavy (non-hydrogen) atoms. The zero-order valence-corrected chi connectivity index (χ0v) is 15.5. The molecular formula is C22H25NO4. The van der Waals surface area contributed by atoms with E-state index in [2.05, 4.69) is 17.4 Å². The average Bonchev–Trinajstić information content (AvgIpc) is 3.05. The second kappa shape index (κ2) is 8.25. The van der Waals surface area contributed by atoms with Crippen molar-refractivity contribution < 1.29 is 21.8 Å². The predicted molar refractivity (Wildman–Crippen MR) is 103 cm³/mol. The number of carbonyl (C=O) groups excluding carboxylic acids is 2. The van der Waals surface area contributed by atoms with Crippen LogP contribution in [0, 0.1) is 5.92 Å². The number of esters is 1. The van der Waals surface area contributed by atoms with Crippen molar-refractivity contribution in [3.05, 3.63) is 59.7 Å². The van der Waals surface area contributed by atoms with Crippen molar-refractivity contribution in [3.8, 4) is 11.1 Å². The molecule has 0 spiro atoms. The van der Waals surface area contributed by atoms with Crippen molar-refractivity contribution in [2.45, 2.75) is 32.2 Å². The third kappa shape index (κ3) is 4.13. The lowest BCUT2D eigenvalue weighted by Gasteiger charge is -2.19. The summed E-state index contributed by atoms with van der Waals surface area (Å²) in [5.74, 6) is -1.10. The molecule has 0 heterocycles. The molecule has 1 aliphatic carbocycles. The summed E-state index contributed by atoms with van der Waals surface area (Å²) in [6.07, 6.45) is -0.588. The van der Waals surface area contributed by atoms with Crippen molar-refractivity contribution in [3.63, 3.8) is 0 Å². The second-order valence-electron chi connectivity index (χ2n) is 6.76. The Balaban J connectivity index is 1.67. The van der Waals surface area contributed by atoms with Gasteiger partial charge in [0.15, 0.2) is 0 Å².